The van der Waals surface area contributed by atoms with Crippen LogP contribution in [0, 0.1) is 0 Å². The van der Waals surface area contributed by atoms with Crippen LogP contribution < -0.4 is 19.3 Å². The highest BCUT2D eigenvalue weighted by Crippen LogP contribution is 2.41. The monoisotopic (exact) mass is 410 g/mol. The van der Waals surface area contributed by atoms with Crippen molar-refractivity contribution in [3.05, 3.63) is 12.1 Å². The summed E-state index contributed by atoms with van der Waals surface area (Å²) < 4.78 is 17.6. The molecule has 1 aromatic rings. The van der Waals surface area contributed by atoms with E-state index >= 15 is 0 Å². The fourth-order valence-corrected chi connectivity index (χ4v) is 3.56. The second-order valence-corrected chi connectivity index (χ2v) is 7.10. The molecule has 166 valence electrons. The Morgan fingerprint density at radius 2 is 1.48 bits per heavy atom. The molecular formula is C22H38N2O5. The molecule has 1 aliphatic heterocycles. The number of rotatable bonds is 14. The summed E-state index contributed by atoms with van der Waals surface area (Å²) in [6.45, 7) is 10.3. The smallest absolute Gasteiger partial charge is 0.144 e. The number of anilines is 2. The summed E-state index contributed by atoms with van der Waals surface area (Å²) in [5.41, 5.74) is 2.07. The van der Waals surface area contributed by atoms with Crippen molar-refractivity contribution in [1.29, 1.82) is 0 Å². The molecule has 7 nitrogen and oxygen atoms in total. The summed E-state index contributed by atoms with van der Waals surface area (Å²) in [4.78, 5) is 4.59. The Balaban J connectivity index is 2.37. The van der Waals surface area contributed by atoms with Gasteiger partial charge in [-0.15, -0.1) is 0 Å². The molecule has 1 fully saturated rings. The van der Waals surface area contributed by atoms with Crippen molar-refractivity contribution in [2.45, 2.75) is 39.5 Å². The molecule has 0 amide bonds. The Morgan fingerprint density at radius 1 is 0.897 bits per heavy atom. The molecule has 0 aromatic heterocycles. The molecular weight excluding hydrogens is 372 g/mol. The summed E-state index contributed by atoms with van der Waals surface area (Å²) in [5, 5.41) is 18.4. The second kappa shape index (κ2) is 13.5. The van der Waals surface area contributed by atoms with E-state index in [4.69, 9.17) is 14.2 Å². The number of ether oxygens (including phenoxy) is 3. The Bertz CT molecular complexity index is 569. The first-order valence-corrected chi connectivity index (χ1v) is 11.0. The molecule has 2 N–H and O–H groups in total. The quantitative estimate of drug-likeness (QED) is 0.457. The average molecular weight is 411 g/mol. The Kier molecular flexibility index (Phi) is 11.0. The maximum atomic E-state index is 9.19. The third-order valence-electron chi connectivity index (χ3n) is 5.00. The van der Waals surface area contributed by atoms with Gasteiger partial charge in [-0.1, -0.05) is 0 Å². The molecule has 0 unspecified atom stereocenters. The number of aliphatic hydroxyl groups excluding tert-OH is 2. The SMILES string of the molecule is CCOc1cc(N2CCOCC2)c(OCC)cc1N(CCCCO)CCCCO. The standard InChI is InChI=1S/C22H38N2O5/c1-3-28-21-18-20(24-11-15-27-16-12-24)22(29-4-2)17-19(21)23(9-5-7-13-25)10-6-8-14-26/h17-18,25-26H,3-16H2,1-2H3. The van der Waals surface area contributed by atoms with Crippen molar-refractivity contribution in [1.82, 2.24) is 0 Å². The minimum atomic E-state index is 0.197. The predicted octanol–water partition coefficient (Wildman–Crippen LogP) is 2.67. The van der Waals surface area contributed by atoms with E-state index in [1.165, 1.54) is 0 Å². The Morgan fingerprint density at radius 3 is 2.03 bits per heavy atom. The van der Waals surface area contributed by atoms with Gasteiger partial charge in [0.05, 0.1) is 37.8 Å². The van der Waals surface area contributed by atoms with Crippen LogP contribution in [0.25, 0.3) is 0 Å². The van der Waals surface area contributed by atoms with E-state index in [0.29, 0.717) is 26.4 Å². The van der Waals surface area contributed by atoms with Gasteiger partial charge in [-0.25, -0.2) is 0 Å². The molecule has 0 aliphatic carbocycles. The summed E-state index contributed by atoms with van der Waals surface area (Å²) in [7, 11) is 0. The molecule has 2 rings (SSSR count). The molecule has 1 aromatic carbocycles. The van der Waals surface area contributed by atoms with Crippen molar-refractivity contribution < 1.29 is 24.4 Å². The van der Waals surface area contributed by atoms with Crippen molar-refractivity contribution in [2.75, 3.05) is 75.6 Å². The lowest BCUT2D eigenvalue weighted by molar-refractivity contribution is 0.122. The number of hydrogen-bond acceptors (Lipinski definition) is 7. The molecule has 29 heavy (non-hydrogen) atoms. The Hall–Kier alpha value is -1.70. The van der Waals surface area contributed by atoms with Crippen LogP contribution in [-0.4, -0.2) is 76.0 Å². The van der Waals surface area contributed by atoms with Crippen LogP contribution in [0.5, 0.6) is 11.5 Å². The maximum absolute atomic E-state index is 9.19. The van der Waals surface area contributed by atoms with Gasteiger partial charge in [-0.2, -0.15) is 0 Å². The first-order valence-electron chi connectivity index (χ1n) is 11.0. The highest BCUT2D eigenvalue weighted by Gasteiger charge is 2.22. The van der Waals surface area contributed by atoms with Crippen LogP contribution in [0.3, 0.4) is 0 Å². The van der Waals surface area contributed by atoms with Crippen LogP contribution in [0.15, 0.2) is 12.1 Å². The molecule has 7 heteroatoms. The normalized spacial score (nSPS) is 14.1. The van der Waals surface area contributed by atoms with Crippen molar-refractivity contribution in [3.8, 4) is 11.5 Å². The predicted molar refractivity (Wildman–Crippen MR) is 117 cm³/mol. The molecule has 0 saturated carbocycles. The summed E-state index contributed by atoms with van der Waals surface area (Å²) in [6, 6.07) is 4.19. The Labute approximate surface area is 175 Å². The fraction of sp³-hybridized carbons (Fsp3) is 0.727. The van der Waals surface area contributed by atoms with Crippen molar-refractivity contribution in [2.24, 2.45) is 0 Å². The van der Waals surface area contributed by atoms with Crippen molar-refractivity contribution in [3.63, 3.8) is 0 Å². The molecule has 0 atom stereocenters. The lowest BCUT2D eigenvalue weighted by Crippen LogP contribution is -2.36. The molecule has 0 spiro atoms. The lowest BCUT2D eigenvalue weighted by atomic mass is 10.1. The summed E-state index contributed by atoms with van der Waals surface area (Å²) in [5.74, 6) is 1.72. The van der Waals surface area contributed by atoms with Gasteiger partial charge in [0.15, 0.2) is 0 Å². The van der Waals surface area contributed by atoms with E-state index in [1.54, 1.807) is 0 Å². The third kappa shape index (κ3) is 7.24. The van der Waals surface area contributed by atoms with Crippen LogP contribution in [-0.2, 0) is 4.74 Å². The van der Waals surface area contributed by atoms with E-state index in [0.717, 1.165) is 74.7 Å². The number of aliphatic hydroxyl groups is 2. The number of nitrogens with zero attached hydrogens (tertiary/aromatic N) is 2. The van der Waals surface area contributed by atoms with Crippen LogP contribution in [0.1, 0.15) is 39.5 Å². The zero-order chi connectivity index (χ0) is 20.9. The largest absolute Gasteiger partial charge is 0.492 e. The van der Waals surface area contributed by atoms with Crippen LogP contribution in [0.4, 0.5) is 11.4 Å². The zero-order valence-electron chi connectivity index (χ0n) is 18.1. The van der Waals surface area contributed by atoms with Crippen molar-refractivity contribution >= 4 is 11.4 Å². The lowest BCUT2D eigenvalue weighted by Gasteiger charge is -2.33. The van der Waals surface area contributed by atoms with E-state index in [-0.39, 0.29) is 13.2 Å². The molecule has 1 saturated heterocycles. The number of benzene rings is 1. The number of unbranched alkanes of at least 4 members (excludes halogenated alkanes) is 2. The maximum Gasteiger partial charge on any atom is 0.144 e. The minimum absolute atomic E-state index is 0.197. The topological polar surface area (TPSA) is 74.6 Å². The molecule has 1 aliphatic rings. The van der Waals surface area contributed by atoms with Gasteiger partial charge in [-0.05, 0) is 39.5 Å². The average Bonchev–Trinajstić information content (AvgIpc) is 2.75. The molecule has 0 bridgehead atoms. The number of morpholine rings is 1. The van der Waals surface area contributed by atoms with Crippen LogP contribution >= 0.6 is 0 Å². The first-order chi connectivity index (χ1) is 14.2. The second-order valence-electron chi connectivity index (χ2n) is 7.10. The summed E-state index contributed by atoms with van der Waals surface area (Å²) >= 11 is 0. The first kappa shape index (κ1) is 23.6. The minimum Gasteiger partial charge on any atom is -0.492 e. The van der Waals surface area contributed by atoms with Gasteiger partial charge in [0.25, 0.3) is 0 Å². The van der Waals surface area contributed by atoms with E-state index in [1.807, 2.05) is 13.8 Å². The van der Waals surface area contributed by atoms with E-state index < -0.39 is 0 Å². The summed E-state index contributed by atoms with van der Waals surface area (Å²) in [6.07, 6.45) is 3.34. The highest BCUT2D eigenvalue weighted by atomic mass is 16.5. The van der Waals surface area contributed by atoms with Gasteiger partial charge in [-0.3, -0.25) is 0 Å². The van der Waals surface area contributed by atoms with Gasteiger partial charge in [0.2, 0.25) is 0 Å². The van der Waals surface area contributed by atoms with Gasteiger partial charge in [0.1, 0.15) is 11.5 Å². The van der Waals surface area contributed by atoms with Gasteiger partial charge < -0.3 is 34.2 Å². The third-order valence-corrected chi connectivity index (χ3v) is 5.00. The highest BCUT2D eigenvalue weighted by molar-refractivity contribution is 5.73. The fourth-order valence-electron chi connectivity index (χ4n) is 3.56. The molecule has 1 heterocycles. The van der Waals surface area contributed by atoms with E-state index in [9.17, 15) is 10.2 Å². The zero-order valence-corrected chi connectivity index (χ0v) is 18.1. The number of hydrogen-bond donors (Lipinski definition) is 2. The van der Waals surface area contributed by atoms with Crippen LogP contribution in [0.2, 0.25) is 0 Å². The van der Waals surface area contributed by atoms with Gasteiger partial charge in [0, 0.05) is 51.5 Å². The van der Waals surface area contributed by atoms with Gasteiger partial charge >= 0.3 is 0 Å². The molecule has 0 radical (unpaired) electrons. The van der Waals surface area contributed by atoms with E-state index in [2.05, 4.69) is 21.9 Å².